The molecular formula is C15H20N2O4. The standard InChI is InChI=1S/C15H20N2O4/c1-10-4-2-3-5-12(10)17-14(18)9-21-13-8-16-7-6-11(13)15(19)20/h6-8,10,12H,2-5,9H2,1H3,(H,17,18)(H,19,20). The van der Waals surface area contributed by atoms with E-state index in [0.717, 1.165) is 19.3 Å². The van der Waals surface area contributed by atoms with Crippen molar-refractivity contribution in [2.24, 2.45) is 5.92 Å². The number of ether oxygens (including phenoxy) is 1. The van der Waals surface area contributed by atoms with Gasteiger partial charge >= 0.3 is 5.97 Å². The second-order valence-electron chi connectivity index (χ2n) is 5.40. The summed E-state index contributed by atoms with van der Waals surface area (Å²) in [5.74, 6) is -0.754. The van der Waals surface area contributed by atoms with E-state index < -0.39 is 5.97 Å². The van der Waals surface area contributed by atoms with E-state index in [2.05, 4.69) is 17.2 Å². The van der Waals surface area contributed by atoms with Gasteiger partial charge in [-0.2, -0.15) is 0 Å². The Morgan fingerprint density at radius 3 is 2.90 bits per heavy atom. The number of carbonyl (C=O) groups excluding carboxylic acids is 1. The number of carboxylic acids is 1. The van der Waals surface area contributed by atoms with E-state index >= 15 is 0 Å². The number of pyridine rings is 1. The molecule has 0 bridgehead atoms. The summed E-state index contributed by atoms with van der Waals surface area (Å²) < 4.78 is 5.28. The van der Waals surface area contributed by atoms with Gasteiger partial charge in [-0.05, 0) is 24.8 Å². The predicted octanol–water partition coefficient (Wildman–Crippen LogP) is 1.85. The molecule has 114 valence electrons. The Morgan fingerprint density at radius 1 is 1.43 bits per heavy atom. The van der Waals surface area contributed by atoms with Crippen LogP contribution >= 0.6 is 0 Å². The molecule has 2 unspecified atom stereocenters. The molecule has 1 aliphatic rings. The molecule has 0 saturated heterocycles. The fourth-order valence-electron chi connectivity index (χ4n) is 2.59. The monoisotopic (exact) mass is 292 g/mol. The van der Waals surface area contributed by atoms with Crippen molar-refractivity contribution in [3.05, 3.63) is 24.0 Å². The number of rotatable bonds is 5. The quantitative estimate of drug-likeness (QED) is 0.864. The Balaban J connectivity index is 1.88. The number of hydrogen-bond donors (Lipinski definition) is 2. The Kier molecular flexibility index (Phi) is 5.14. The van der Waals surface area contributed by atoms with Gasteiger partial charge in [-0.3, -0.25) is 9.78 Å². The summed E-state index contributed by atoms with van der Waals surface area (Å²) in [6, 6.07) is 1.53. The maximum atomic E-state index is 11.9. The number of hydrogen-bond acceptors (Lipinski definition) is 4. The lowest BCUT2D eigenvalue weighted by molar-refractivity contribution is -0.124. The third-order valence-electron chi connectivity index (χ3n) is 3.83. The molecule has 2 rings (SSSR count). The van der Waals surface area contributed by atoms with Gasteiger partial charge in [0.05, 0.1) is 6.20 Å². The first-order valence-electron chi connectivity index (χ1n) is 7.17. The molecular weight excluding hydrogens is 272 g/mol. The van der Waals surface area contributed by atoms with Crippen LogP contribution in [0.25, 0.3) is 0 Å². The molecule has 1 saturated carbocycles. The minimum atomic E-state index is -1.10. The Hall–Kier alpha value is -2.11. The van der Waals surface area contributed by atoms with Crippen molar-refractivity contribution in [1.82, 2.24) is 10.3 Å². The first-order chi connectivity index (χ1) is 10.1. The maximum Gasteiger partial charge on any atom is 0.339 e. The van der Waals surface area contributed by atoms with Gasteiger partial charge in [-0.15, -0.1) is 0 Å². The summed E-state index contributed by atoms with van der Waals surface area (Å²) in [5, 5.41) is 12.0. The fraction of sp³-hybridized carbons (Fsp3) is 0.533. The minimum Gasteiger partial charge on any atom is -0.481 e. The summed E-state index contributed by atoms with van der Waals surface area (Å²) in [6.45, 7) is 1.93. The number of nitrogens with one attached hydrogen (secondary N) is 1. The van der Waals surface area contributed by atoms with Crippen LogP contribution in [0, 0.1) is 5.92 Å². The molecule has 21 heavy (non-hydrogen) atoms. The lowest BCUT2D eigenvalue weighted by Gasteiger charge is -2.29. The van der Waals surface area contributed by atoms with Crippen LogP contribution in [-0.4, -0.2) is 34.6 Å². The second kappa shape index (κ2) is 7.06. The molecule has 0 spiro atoms. The lowest BCUT2D eigenvalue weighted by Crippen LogP contribution is -2.43. The lowest BCUT2D eigenvalue weighted by atomic mass is 9.86. The van der Waals surface area contributed by atoms with E-state index in [4.69, 9.17) is 9.84 Å². The van der Waals surface area contributed by atoms with Crippen molar-refractivity contribution in [3.63, 3.8) is 0 Å². The average molecular weight is 292 g/mol. The van der Waals surface area contributed by atoms with Crippen LogP contribution in [0.3, 0.4) is 0 Å². The fourth-order valence-corrected chi connectivity index (χ4v) is 2.59. The van der Waals surface area contributed by atoms with Crippen LogP contribution in [0.5, 0.6) is 5.75 Å². The molecule has 6 heteroatoms. The molecule has 1 aromatic heterocycles. The molecule has 1 aliphatic carbocycles. The van der Waals surface area contributed by atoms with Crippen molar-refractivity contribution >= 4 is 11.9 Å². The minimum absolute atomic E-state index is 0.00355. The van der Waals surface area contributed by atoms with Gasteiger partial charge in [0.25, 0.3) is 5.91 Å². The van der Waals surface area contributed by atoms with Gasteiger partial charge in [-0.1, -0.05) is 19.8 Å². The van der Waals surface area contributed by atoms with E-state index in [0.29, 0.717) is 5.92 Å². The first-order valence-corrected chi connectivity index (χ1v) is 7.17. The van der Waals surface area contributed by atoms with E-state index in [1.54, 1.807) is 0 Å². The molecule has 1 aromatic rings. The summed E-state index contributed by atoms with van der Waals surface area (Å²) in [5.41, 5.74) is 0.00355. The number of aromatic nitrogens is 1. The van der Waals surface area contributed by atoms with Crippen molar-refractivity contribution in [2.45, 2.75) is 38.6 Å². The third kappa shape index (κ3) is 4.18. The molecule has 0 aromatic carbocycles. The molecule has 2 atom stereocenters. The number of amides is 1. The van der Waals surface area contributed by atoms with Crippen molar-refractivity contribution in [2.75, 3.05) is 6.61 Å². The van der Waals surface area contributed by atoms with Crippen molar-refractivity contribution in [3.8, 4) is 5.75 Å². The highest BCUT2D eigenvalue weighted by Gasteiger charge is 2.23. The van der Waals surface area contributed by atoms with Gasteiger partial charge in [0.15, 0.2) is 12.4 Å². The van der Waals surface area contributed by atoms with Crippen LogP contribution in [0.1, 0.15) is 43.0 Å². The maximum absolute atomic E-state index is 11.9. The van der Waals surface area contributed by atoms with Gasteiger partial charge in [0.1, 0.15) is 5.56 Å². The normalized spacial score (nSPS) is 21.6. The van der Waals surface area contributed by atoms with Crippen LogP contribution in [0.2, 0.25) is 0 Å². The summed E-state index contributed by atoms with van der Waals surface area (Å²) in [7, 11) is 0. The van der Waals surface area contributed by atoms with Crippen LogP contribution in [-0.2, 0) is 4.79 Å². The summed E-state index contributed by atoms with van der Waals surface area (Å²) in [6.07, 6.45) is 7.13. The molecule has 1 fully saturated rings. The predicted molar refractivity (Wildman–Crippen MR) is 76.3 cm³/mol. The molecule has 0 aliphatic heterocycles. The molecule has 6 nitrogen and oxygen atoms in total. The van der Waals surface area contributed by atoms with Gasteiger partial charge in [0, 0.05) is 12.2 Å². The van der Waals surface area contributed by atoms with Crippen molar-refractivity contribution in [1.29, 1.82) is 0 Å². The highest BCUT2D eigenvalue weighted by molar-refractivity contribution is 5.90. The highest BCUT2D eigenvalue weighted by atomic mass is 16.5. The first kappa shape index (κ1) is 15.3. The Morgan fingerprint density at radius 2 is 2.19 bits per heavy atom. The van der Waals surface area contributed by atoms with Crippen LogP contribution in [0.4, 0.5) is 0 Å². The van der Waals surface area contributed by atoms with Gasteiger partial charge in [0.2, 0.25) is 0 Å². The zero-order chi connectivity index (χ0) is 15.2. The van der Waals surface area contributed by atoms with Gasteiger partial charge in [-0.25, -0.2) is 4.79 Å². The Labute approximate surface area is 123 Å². The number of carboxylic acid groups (broad SMARTS) is 1. The number of nitrogens with zero attached hydrogens (tertiary/aromatic N) is 1. The average Bonchev–Trinajstić information content (AvgIpc) is 2.48. The van der Waals surface area contributed by atoms with Crippen molar-refractivity contribution < 1.29 is 19.4 Å². The molecule has 0 radical (unpaired) electrons. The van der Waals surface area contributed by atoms with E-state index in [-0.39, 0.29) is 29.9 Å². The van der Waals surface area contributed by atoms with E-state index in [1.807, 2.05) is 0 Å². The largest absolute Gasteiger partial charge is 0.481 e. The zero-order valence-electron chi connectivity index (χ0n) is 12.0. The molecule has 1 amide bonds. The SMILES string of the molecule is CC1CCCCC1NC(=O)COc1cnccc1C(=O)O. The summed E-state index contributed by atoms with van der Waals surface area (Å²) in [4.78, 5) is 26.7. The van der Waals surface area contributed by atoms with Gasteiger partial charge < -0.3 is 15.2 Å². The van der Waals surface area contributed by atoms with Crippen LogP contribution < -0.4 is 10.1 Å². The smallest absolute Gasteiger partial charge is 0.339 e. The van der Waals surface area contributed by atoms with E-state index in [1.165, 1.54) is 24.9 Å². The Bertz CT molecular complexity index is 518. The number of carbonyl (C=O) groups is 2. The number of aromatic carboxylic acids is 1. The van der Waals surface area contributed by atoms with E-state index in [9.17, 15) is 9.59 Å². The third-order valence-corrected chi connectivity index (χ3v) is 3.83. The summed E-state index contributed by atoms with van der Waals surface area (Å²) >= 11 is 0. The highest BCUT2D eigenvalue weighted by Crippen LogP contribution is 2.23. The van der Waals surface area contributed by atoms with Crippen LogP contribution in [0.15, 0.2) is 18.5 Å². The second-order valence-corrected chi connectivity index (χ2v) is 5.40. The molecule has 2 N–H and O–H groups in total. The zero-order valence-corrected chi connectivity index (χ0v) is 12.0. The molecule has 1 heterocycles. The topological polar surface area (TPSA) is 88.5 Å².